The standard InChI is InChI=1S/C27H19ClN2OS/c28-23-11-8-21(9-12-23)27(31,26-17-32-18-30-26)22-10-13-25-24(16-22)20(14-15-29-25)7-6-19-4-2-1-3-5-19/h1-18,31H/b7-6-. The monoisotopic (exact) mass is 454 g/mol. The number of nitrogens with zero attached hydrogens (tertiary/aromatic N) is 2. The molecule has 3 aromatic carbocycles. The molecule has 0 saturated carbocycles. The smallest absolute Gasteiger partial charge is 0.158 e. The lowest BCUT2D eigenvalue weighted by Crippen LogP contribution is -2.29. The number of thiazole rings is 1. The van der Waals surface area contributed by atoms with E-state index in [-0.39, 0.29) is 0 Å². The van der Waals surface area contributed by atoms with E-state index in [9.17, 15) is 5.11 Å². The minimum absolute atomic E-state index is 0.578. The van der Waals surface area contributed by atoms with Crippen LogP contribution in [0.15, 0.2) is 96.0 Å². The fourth-order valence-electron chi connectivity index (χ4n) is 3.83. The Bertz CT molecular complexity index is 1380. The summed E-state index contributed by atoms with van der Waals surface area (Å²) in [7, 11) is 0. The Kier molecular flexibility index (Phi) is 5.58. The Labute approximate surface area is 195 Å². The predicted octanol–water partition coefficient (Wildman–Crippen LogP) is 6.80. The van der Waals surface area contributed by atoms with Crippen LogP contribution in [0.25, 0.3) is 23.1 Å². The fraction of sp³-hybridized carbons (Fsp3) is 0.0370. The van der Waals surface area contributed by atoms with Gasteiger partial charge in [0.1, 0.15) is 0 Å². The molecule has 156 valence electrons. The maximum atomic E-state index is 12.0. The van der Waals surface area contributed by atoms with Crippen LogP contribution in [0, 0.1) is 0 Å². The predicted molar refractivity (Wildman–Crippen MR) is 133 cm³/mol. The molecule has 1 N–H and O–H groups in total. The van der Waals surface area contributed by atoms with Gasteiger partial charge in [0.05, 0.1) is 16.7 Å². The van der Waals surface area contributed by atoms with Gasteiger partial charge in [-0.2, -0.15) is 0 Å². The summed E-state index contributed by atoms with van der Waals surface area (Å²) in [5.74, 6) is 0. The molecule has 0 aliphatic rings. The van der Waals surface area contributed by atoms with E-state index in [1.54, 1.807) is 23.8 Å². The summed E-state index contributed by atoms with van der Waals surface area (Å²) < 4.78 is 0. The lowest BCUT2D eigenvalue weighted by Gasteiger charge is -2.28. The maximum Gasteiger partial charge on any atom is 0.158 e. The zero-order valence-electron chi connectivity index (χ0n) is 17.0. The third kappa shape index (κ3) is 3.84. The van der Waals surface area contributed by atoms with Gasteiger partial charge >= 0.3 is 0 Å². The zero-order chi connectivity index (χ0) is 22.0. The Hall–Kier alpha value is -3.31. The average molecular weight is 455 g/mol. The van der Waals surface area contributed by atoms with E-state index in [0.29, 0.717) is 16.3 Å². The highest BCUT2D eigenvalue weighted by Gasteiger charge is 2.36. The van der Waals surface area contributed by atoms with E-state index in [4.69, 9.17) is 11.6 Å². The zero-order valence-corrected chi connectivity index (χ0v) is 18.6. The number of pyridine rings is 1. The largest absolute Gasteiger partial charge is 0.374 e. The number of aliphatic hydroxyl groups is 1. The first-order valence-electron chi connectivity index (χ1n) is 10.1. The molecule has 0 fully saturated rings. The summed E-state index contributed by atoms with van der Waals surface area (Å²) in [5.41, 5.74) is 5.33. The number of aromatic nitrogens is 2. The van der Waals surface area contributed by atoms with Crippen molar-refractivity contribution < 1.29 is 5.11 Å². The van der Waals surface area contributed by atoms with Crippen molar-refractivity contribution in [1.29, 1.82) is 0 Å². The van der Waals surface area contributed by atoms with E-state index >= 15 is 0 Å². The molecule has 0 bridgehead atoms. The van der Waals surface area contributed by atoms with Crippen molar-refractivity contribution in [3.63, 3.8) is 0 Å². The first kappa shape index (κ1) is 20.6. The van der Waals surface area contributed by atoms with Gasteiger partial charge in [0.15, 0.2) is 5.60 Å². The second kappa shape index (κ2) is 8.67. The molecule has 0 aliphatic heterocycles. The fourth-order valence-corrected chi connectivity index (χ4v) is 4.55. The van der Waals surface area contributed by atoms with E-state index in [1.807, 2.05) is 60.0 Å². The van der Waals surface area contributed by atoms with Crippen molar-refractivity contribution in [3.05, 3.63) is 129 Å². The van der Waals surface area contributed by atoms with Crippen LogP contribution >= 0.6 is 22.9 Å². The Morgan fingerprint density at radius 3 is 2.38 bits per heavy atom. The van der Waals surface area contributed by atoms with Crippen LogP contribution in [0.2, 0.25) is 5.02 Å². The van der Waals surface area contributed by atoms with Crippen molar-refractivity contribution in [2.45, 2.75) is 5.60 Å². The third-order valence-corrected chi connectivity index (χ3v) is 6.35. The van der Waals surface area contributed by atoms with Gasteiger partial charge in [0, 0.05) is 22.0 Å². The summed E-state index contributed by atoms with van der Waals surface area (Å²) in [6.07, 6.45) is 5.96. The van der Waals surface area contributed by atoms with Crippen LogP contribution in [0.3, 0.4) is 0 Å². The van der Waals surface area contributed by atoms with Crippen LogP contribution in [-0.2, 0) is 5.60 Å². The molecule has 32 heavy (non-hydrogen) atoms. The first-order valence-corrected chi connectivity index (χ1v) is 11.5. The van der Waals surface area contributed by atoms with Gasteiger partial charge in [0.25, 0.3) is 0 Å². The van der Waals surface area contributed by atoms with Gasteiger partial charge in [-0.15, -0.1) is 11.3 Å². The van der Waals surface area contributed by atoms with E-state index in [1.165, 1.54) is 11.3 Å². The van der Waals surface area contributed by atoms with Crippen LogP contribution in [0.1, 0.15) is 27.9 Å². The quantitative estimate of drug-likeness (QED) is 0.317. The summed E-state index contributed by atoms with van der Waals surface area (Å²) in [4.78, 5) is 8.97. The highest BCUT2D eigenvalue weighted by atomic mass is 35.5. The number of hydrogen-bond donors (Lipinski definition) is 1. The second-order valence-electron chi connectivity index (χ2n) is 7.47. The molecular formula is C27H19ClN2OS. The average Bonchev–Trinajstić information content (AvgIpc) is 3.39. The van der Waals surface area contributed by atoms with Crippen molar-refractivity contribution in [2.75, 3.05) is 0 Å². The van der Waals surface area contributed by atoms with Crippen molar-refractivity contribution in [3.8, 4) is 0 Å². The Morgan fingerprint density at radius 2 is 1.62 bits per heavy atom. The normalized spacial score (nSPS) is 13.4. The van der Waals surface area contributed by atoms with Gasteiger partial charge in [-0.3, -0.25) is 4.98 Å². The SMILES string of the molecule is OC(c1ccc(Cl)cc1)(c1ccc2nccc(/C=C\c3ccccc3)c2c1)c1cscn1. The van der Waals surface area contributed by atoms with Crippen LogP contribution in [0.5, 0.6) is 0 Å². The highest BCUT2D eigenvalue weighted by Crippen LogP contribution is 2.38. The lowest BCUT2D eigenvalue weighted by atomic mass is 9.83. The van der Waals surface area contributed by atoms with Crippen LogP contribution < -0.4 is 0 Å². The molecular weight excluding hydrogens is 436 g/mol. The molecule has 1 atom stereocenters. The van der Waals surface area contributed by atoms with Gasteiger partial charge in [-0.25, -0.2) is 4.98 Å². The van der Waals surface area contributed by atoms with Gasteiger partial charge in [-0.1, -0.05) is 72.3 Å². The van der Waals surface area contributed by atoms with Gasteiger partial charge in [-0.05, 0) is 52.6 Å². The van der Waals surface area contributed by atoms with E-state index in [2.05, 4.69) is 34.3 Å². The number of rotatable bonds is 5. The van der Waals surface area contributed by atoms with Crippen molar-refractivity contribution >= 4 is 46.0 Å². The van der Waals surface area contributed by atoms with Crippen LogP contribution in [0.4, 0.5) is 0 Å². The number of fused-ring (bicyclic) bond motifs is 1. The summed E-state index contributed by atoms with van der Waals surface area (Å²) in [5, 5.41) is 15.5. The molecule has 3 nitrogen and oxygen atoms in total. The van der Waals surface area contributed by atoms with E-state index < -0.39 is 5.60 Å². The lowest BCUT2D eigenvalue weighted by molar-refractivity contribution is 0.121. The molecule has 0 radical (unpaired) electrons. The Morgan fingerprint density at radius 1 is 0.844 bits per heavy atom. The summed E-state index contributed by atoms with van der Waals surface area (Å²) in [6, 6.07) is 25.2. The van der Waals surface area contributed by atoms with Crippen molar-refractivity contribution in [1.82, 2.24) is 9.97 Å². The first-order chi connectivity index (χ1) is 15.6. The molecule has 5 rings (SSSR count). The molecule has 5 heteroatoms. The molecule has 0 aliphatic carbocycles. The Balaban J connectivity index is 1.67. The molecule has 1 unspecified atom stereocenters. The maximum absolute atomic E-state index is 12.0. The van der Waals surface area contributed by atoms with Gasteiger partial charge < -0.3 is 5.11 Å². The molecule has 2 aromatic heterocycles. The van der Waals surface area contributed by atoms with Crippen LogP contribution in [-0.4, -0.2) is 15.1 Å². The topological polar surface area (TPSA) is 46.0 Å². The van der Waals surface area contributed by atoms with Crippen molar-refractivity contribution in [2.24, 2.45) is 0 Å². The molecule has 0 saturated heterocycles. The minimum atomic E-state index is -1.41. The number of benzene rings is 3. The molecule has 5 aromatic rings. The third-order valence-electron chi connectivity index (χ3n) is 5.51. The molecule has 2 heterocycles. The summed E-state index contributed by atoms with van der Waals surface area (Å²) >= 11 is 7.56. The molecule has 0 spiro atoms. The number of hydrogen-bond acceptors (Lipinski definition) is 4. The minimum Gasteiger partial charge on any atom is -0.374 e. The van der Waals surface area contributed by atoms with E-state index in [0.717, 1.165) is 27.6 Å². The summed E-state index contributed by atoms with van der Waals surface area (Å²) in [6.45, 7) is 0. The van der Waals surface area contributed by atoms with Gasteiger partial charge in [0.2, 0.25) is 0 Å². The second-order valence-corrected chi connectivity index (χ2v) is 8.62. The molecule has 0 amide bonds. The highest BCUT2D eigenvalue weighted by molar-refractivity contribution is 7.07. The number of halogens is 1.